The Morgan fingerprint density at radius 1 is 1.25 bits per heavy atom. The summed E-state index contributed by atoms with van der Waals surface area (Å²) in [4.78, 5) is 24.5. The number of nitrogens with one attached hydrogen (secondary N) is 1. The van der Waals surface area contributed by atoms with Crippen LogP contribution in [0, 0.1) is 0 Å². The number of hydrogen-bond donors (Lipinski definition) is 2. The second-order valence-electron chi connectivity index (χ2n) is 4.40. The Balaban J connectivity index is 2.59. The van der Waals surface area contributed by atoms with Crippen molar-refractivity contribution in [1.29, 1.82) is 0 Å². The minimum atomic E-state index is -0.420. The predicted molar refractivity (Wildman–Crippen MR) is 79.4 cm³/mol. The minimum Gasteiger partial charge on any atom is -0.370 e. The average Bonchev–Trinajstić information content (AvgIpc) is 2.44. The number of carbonyl (C=O) groups is 2. The van der Waals surface area contributed by atoms with E-state index in [1.807, 2.05) is 30.3 Å². The Kier molecular flexibility index (Phi) is 7.50. The average molecular weight is 298 g/mol. The lowest BCUT2D eigenvalue weighted by Crippen LogP contribution is -2.41. The Morgan fingerprint density at radius 3 is 2.55 bits per heavy atom. The van der Waals surface area contributed by atoms with Crippen molar-refractivity contribution in [2.45, 2.75) is 19.4 Å². The molecule has 0 radical (unpaired) electrons. The maximum Gasteiger partial charge on any atom is 0.317 e. The molecule has 1 aromatic rings. The highest BCUT2D eigenvalue weighted by Crippen LogP contribution is 2.05. The molecule has 0 aliphatic carbocycles. The lowest BCUT2D eigenvalue weighted by atomic mass is 10.2. The monoisotopic (exact) mass is 297 g/mol. The molecule has 0 fully saturated rings. The summed E-state index contributed by atoms with van der Waals surface area (Å²) in [6.45, 7) is 1.27. The Bertz CT molecular complexity index is 426. The van der Waals surface area contributed by atoms with Crippen molar-refractivity contribution in [3.63, 3.8) is 0 Å². The van der Waals surface area contributed by atoms with E-state index in [0.717, 1.165) is 5.56 Å². The summed E-state index contributed by atoms with van der Waals surface area (Å²) in [6, 6.07) is 9.39. The normalized spacial score (nSPS) is 10.1. The number of halogens is 1. The van der Waals surface area contributed by atoms with Crippen LogP contribution in [0.3, 0.4) is 0 Å². The molecule has 3 amide bonds. The van der Waals surface area contributed by atoms with Crippen LogP contribution in [0.1, 0.15) is 18.4 Å². The summed E-state index contributed by atoms with van der Waals surface area (Å²) >= 11 is 5.57. The molecule has 5 nitrogen and oxygen atoms in total. The van der Waals surface area contributed by atoms with Gasteiger partial charge in [-0.25, -0.2) is 4.79 Å². The first-order valence-electron chi connectivity index (χ1n) is 6.54. The second-order valence-corrected chi connectivity index (χ2v) is 4.78. The zero-order valence-corrected chi connectivity index (χ0v) is 12.1. The lowest BCUT2D eigenvalue weighted by Gasteiger charge is -2.22. The van der Waals surface area contributed by atoms with Crippen LogP contribution in [0.2, 0.25) is 0 Å². The smallest absolute Gasteiger partial charge is 0.317 e. The van der Waals surface area contributed by atoms with E-state index in [1.54, 1.807) is 4.90 Å². The van der Waals surface area contributed by atoms with Crippen molar-refractivity contribution in [2.75, 3.05) is 19.0 Å². The number of nitrogens with zero attached hydrogens (tertiary/aromatic N) is 1. The van der Waals surface area contributed by atoms with Gasteiger partial charge in [0, 0.05) is 31.9 Å². The molecule has 1 rings (SSSR count). The van der Waals surface area contributed by atoms with E-state index in [4.69, 9.17) is 17.3 Å². The molecule has 6 heteroatoms. The van der Waals surface area contributed by atoms with Crippen molar-refractivity contribution in [2.24, 2.45) is 5.73 Å². The molecular formula is C14H20ClN3O2. The Labute approximate surface area is 124 Å². The molecule has 0 aliphatic heterocycles. The molecule has 0 saturated heterocycles. The number of nitrogens with two attached hydrogens (primary N) is 1. The van der Waals surface area contributed by atoms with E-state index in [0.29, 0.717) is 31.9 Å². The van der Waals surface area contributed by atoms with Crippen LogP contribution < -0.4 is 11.1 Å². The first-order valence-corrected chi connectivity index (χ1v) is 7.08. The number of urea groups is 1. The number of carbonyl (C=O) groups excluding carboxylic acids is 2. The van der Waals surface area contributed by atoms with Crippen LogP contribution in [0.4, 0.5) is 4.79 Å². The maximum atomic E-state index is 12.1. The number of amides is 3. The van der Waals surface area contributed by atoms with Gasteiger partial charge in [-0.2, -0.15) is 0 Å². The summed E-state index contributed by atoms with van der Waals surface area (Å²) in [5.41, 5.74) is 6.15. The van der Waals surface area contributed by atoms with Crippen LogP contribution in [0.5, 0.6) is 0 Å². The number of primary amides is 1. The highest BCUT2D eigenvalue weighted by Gasteiger charge is 2.14. The van der Waals surface area contributed by atoms with E-state index in [-0.39, 0.29) is 12.5 Å². The third kappa shape index (κ3) is 6.43. The topological polar surface area (TPSA) is 75.4 Å². The van der Waals surface area contributed by atoms with Crippen molar-refractivity contribution in [3.05, 3.63) is 35.9 Å². The first-order chi connectivity index (χ1) is 9.63. The molecule has 0 atom stereocenters. The fourth-order valence-electron chi connectivity index (χ4n) is 1.68. The van der Waals surface area contributed by atoms with Gasteiger partial charge < -0.3 is 16.0 Å². The van der Waals surface area contributed by atoms with Gasteiger partial charge in [-0.3, -0.25) is 4.79 Å². The van der Waals surface area contributed by atoms with Gasteiger partial charge >= 0.3 is 6.03 Å². The van der Waals surface area contributed by atoms with Gasteiger partial charge in [0.15, 0.2) is 0 Å². The van der Waals surface area contributed by atoms with Gasteiger partial charge in [0.2, 0.25) is 5.91 Å². The largest absolute Gasteiger partial charge is 0.370 e. The molecule has 0 unspecified atom stereocenters. The van der Waals surface area contributed by atoms with Crippen molar-refractivity contribution < 1.29 is 9.59 Å². The summed E-state index contributed by atoms with van der Waals surface area (Å²) in [5.74, 6) is 0.0805. The molecule has 20 heavy (non-hydrogen) atoms. The van der Waals surface area contributed by atoms with Crippen molar-refractivity contribution in [1.82, 2.24) is 10.2 Å². The van der Waals surface area contributed by atoms with E-state index < -0.39 is 5.91 Å². The molecule has 0 aromatic heterocycles. The molecule has 0 saturated carbocycles. The van der Waals surface area contributed by atoms with Crippen molar-refractivity contribution in [3.8, 4) is 0 Å². The number of hydrogen-bond acceptors (Lipinski definition) is 2. The Morgan fingerprint density at radius 2 is 1.95 bits per heavy atom. The predicted octanol–water partition coefficient (Wildman–Crippen LogP) is 1.70. The van der Waals surface area contributed by atoms with E-state index in [9.17, 15) is 9.59 Å². The van der Waals surface area contributed by atoms with E-state index >= 15 is 0 Å². The van der Waals surface area contributed by atoms with Crippen LogP contribution in [-0.4, -0.2) is 35.8 Å². The van der Waals surface area contributed by atoms with Gasteiger partial charge in [0.25, 0.3) is 0 Å². The molecule has 3 N–H and O–H groups in total. The summed E-state index contributed by atoms with van der Waals surface area (Å²) in [7, 11) is 0. The minimum absolute atomic E-state index is 0.149. The third-order valence-corrected chi connectivity index (χ3v) is 2.99. The third-order valence-electron chi connectivity index (χ3n) is 2.72. The van der Waals surface area contributed by atoms with Crippen LogP contribution in [0.15, 0.2) is 30.3 Å². The fraction of sp³-hybridized carbons (Fsp3) is 0.429. The van der Waals surface area contributed by atoms with E-state index in [2.05, 4.69) is 5.32 Å². The highest BCUT2D eigenvalue weighted by molar-refractivity contribution is 6.17. The highest BCUT2D eigenvalue weighted by atomic mass is 35.5. The summed E-state index contributed by atoms with van der Waals surface area (Å²) < 4.78 is 0. The number of alkyl halides is 1. The zero-order chi connectivity index (χ0) is 14.8. The standard InChI is InChI=1S/C14H20ClN3O2/c15-8-4-9-17-14(20)18(10-7-13(16)19)11-12-5-2-1-3-6-12/h1-3,5-6H,4,7-11H2,(H2,16,19)(H,17,20). The van der Waals surface area contributed by atoms with Gasteiger partial charge in [0.1, 0.15) is 0 Å². The lowest BCUT2D eigenvalue weighted by molar-refractivity contribution is -0.118. The zero-order valence-electron chi connectivity index (χ0n) is 11.3. The SMILES string of the molecule is NC(=O)CCN(Cc1ccccc1)C(=O)NCCCCl. The molecule has 0 heterocycles. The first kappa shape index (κ1) is 16.3. The molecule has 1 aromatic carbocycles. The van der Waals surface area contributed by atoms with Gasteiger partial charge in [-0.15, -0.1) is 11.6 Å². The molecule has 0 bridgehead atoms. The Hall–Kier alpha value is -1.75. The quantitative estimate of drug-likeness (QED) is 0.566. The molecule has 0 spiro atoms. The molecule has 0 aliphatic rings. The van der Waals surface area contributed by atoms with E-state index in [1.165, 1.54) is 0 Å². The van der Waals surface area contributed by atoms with Gasteiger partial charge in [-0.1, -0.05) is 30.3 Å². The molecule has 110 valence electrons. The van der Waals surface area contributed by atoms with Gasteiger partial charge in [-0.05, 0) is 12.0 Å². The van der Waals surface area contributed by atoms with Crippen LogP contribution in [-0.2, 0) is 11.3 Å². The van der Waals surface area contributed by atoms with Gasteiger partial charge in [0.05, 0.1) is 0 Å². The summed E-state index contributed by atoms with van der Waals surface area (Å²) in [6.07, 6.45) is 0.859. The summed E-state index contributed by atoms with van der Waals surface area (Å²) in [5, 5.41) is 2.78. The van der Waals surface area contributed by atoms with Crippen molar-refractivity contribution >= 4 is 23.5 Å². The second kappa shape index (κ2) is 9.20. The van der Waals surface area contributed by atoms with Crippen LogP contribution >= 0.6 is 11.6 Å². The number of rotatable bonds is 8. The van der Waals surface area contributed by atoms with Crippen LogP contribution in [0.25, 0.3) is 0 Å². The molecular weight excluding hydrogens is 278 g/mol. The maximum absolute atomic E-state index is 12.1. The fourth-order valence-corrected chi connectivity index (χ4v) is 1.81. The number of benzene rings is 1.